The Labute approximate surface area is 102 Å². The molecule has 0 amide bonds. The van der Waals surface area contributed by atoms with E-state index in [0.717, 1.165) is 6.42 Å². The molecule has 1 aromatic rings. The number of methoxy groups -OCH3 is 1. The predicted molar refractivity (Wildman–Crippen MR) is 65.9 cm³/mol. The number of carbonyl (C=O) groups is 1. The Morgan fingerprint density at radius 3 is 2.76 bits per heavy atom. The van der Waals surface area contributed by atoms with Crippen LogP contribution in [0.3, 0.4) is 0 Å². The largest absolute Gasteiger partial charge is 0.491 e. The first-order chi connectivity index (χ1) is 7.99. The number of hydrogen-bond acceptors (Lipinski definition) is 4. The van der Waals surface area contributed by atoms with E-state index in [1.54, 1.807) is 6.92 Å². The molecule has 4 nitrogen and oxygen atoms in total. The van der Waals surface area contributed by atoms with Crippen LogP contribution in [-0.2, 0) is 16.0 Å². The summed E-state index contributed by atoms with van der Waals surface area (Å²) in [4.78, 5) is 11.4. The third-order valence-corrected chi connectivity index (χ3v) is 2.50. The summed E-state index contributed by atoms with van der Waals surface area (Å²) in [5.74, 6) is 0.231. The molecule has 0 fully saturated rings. The van der Waals surface area contributed by atoms with Crippen LogP contribution < -0.4 is 10.5 Å². The molecule has 1 unspecified atom stereocenters. The molecule has 94 valence electrons. The molecule has 0 bridgehead atoms. The van der Waals surface area contributed by atoms with E-state index >= 15 is 0 Å². The highest BCUT2D eigenvalue weighted by Gasteiger charge is 2.30. The Morgan fingerprint density at radius 1 is 1.47 bits per heavy atom. The molecular weight excluding hydrogens is 218 g/mol. The van der Waals surface area contributed by atoms with Gasteiger partial charge in [-0.1, -0.05) is 19.1 Å². The van der Waals surface area contributed by atoms with Crippen molar-refractivity contribution in [1.29, 1.82) is 0 Å². The van der Waals surface area contributed by atoms with Crippen molar-refractivity contribution < 1.29 is 14.3 Å². The Bertz CT molecular complexity index is 388. The quantitative estimate of drug-likeness (QED) is 0.789. The smallest absolute Gasteiger partial charge is 0.329 e. The molecule has 0 saturated heterocycles. The number of rotatable bonds is 5. The highest BCUT2D eigenvalue weighted by molar-refractivity contribution is 5.80. The van der Waals surface area contributed by atoms with Crippen molar-refractivity contribution in [2.45, 2.75) is 25.8 Å². The molecular formula is C13H19NO3. The highest BCUT2D eigenvalue weighted by Crippen LogP contribution is 2.15. The molecule has 0 aliphatic heterocycles. The minimum atomic E-state index is -1.13. The Morgan fingerprint density at radius 2 is 2.18 bits per heavy atom. The van der Waals surface area contributed by atoms with Crippen LogP contribution in [0.15, 0.2) is 24.3 Å². The normalized spacial score (nSPS) is 13.9. The van der Waals surface area contributed by atoms with Crippen LogP contribution in [0.2, 0.25) is 0 Å². The fourth-order valence-corrected chi connectivity index (χ4v) is 1.38. The molecule has 0 radical (unpaired) electrons. The van der Waals surface area contributed by atoms with Crippen molar-refractivity contribution in [2.24, 2.45) is 5.73 Å². The molecule has 1 rings (SSSR count). The summed E-state index contributed by atoms with van der Waals surface area (Å²) < 4.78 is 10.1. The third kappa shape index (κ3) is 3.75. The second-order valence-electron chi connectivity index (χ2n) is 4.20. The van der Waals surface area contributed by atoms with Gasteiger partial charge in [-0.3, -0.25) is 0 Å². The zero-order valence-electron chi connectivity index (χ0n) is 10.5. The van der Waals surface area contributed by atoms with Crippen LogP contribution in [0.25, 0.3) is 0 Å². The van der Waals surface area contributed by atoms with Crippen LogP contribution in [0.4, 0.5) is 0 Å². The molecule has 2 N–H and O–H groups in total. The lowest BCUT2D eigenvalue weighted by atomic mass is 10.1. The van der Waals surface area contributed by atoms with Gasteiger partial charge in [0.1, 0.15) is 17.9 Å². The lowest BCUT2D eigenvalue weighted by Crippen LogP contribution is -2.50. The standard InChI is InChI=1S/C13H19NO3/c1-4-10-6-5-7-11(8-10)17-9-13(2,14)12(15)16-3/h5-8H,4,9,14H2,1-3H3. The van der Waals surface area contributed by atoms with Gasteiger partial charge in [0.05, 0.1) is 7.11 Å². The molecule has 0 saturated carbocycles. The maximum atomic E-state index is 11.4. The average Bonchev–Trinajstić information content (AvgIpc) is 2.35. The minimum absolute atomic E-state index is 0.0901. The van der Waals surface area contributed by atoms with E-state index in [1.165, 1.54) is 12.7 Å². The maximum Gasteiger partial charge on any atom is 0.329 e. The summed E-state index contributed by atoms with van der Waals surface area (Å²) in [6, 6.07) is 7.72. The van der Waals surface area contributed by atoms with Crippen molar-refractivity contribution >= 4 is 5.97 Å². The van der Waals surface area contributed by atoms with Gasteiger partial charge in [0, 0.05) is 0 Å². The topological polar surface area (TPSA) is 61.5 Å². The van der Waals surface area contributed by atoms with Crippen LogP contribution in [0, 0.1) is 0 Å². The monoisotopic (exact) mass is 237 g/mol. The third-order valence-electron chi connectivity index (χ3n) is 2.50. The summed E-state index contributed by atoms with van der Waals surface area (Å²) in [7, 11) is 1.31. The molecule has 0 aromatic heterocycles. The summed E-state index contributed by atoms with van der Waals surface area (Å²) in [5, 5.41) is 0. The number of benzene rings is 1. The van der Waals surface area contributed by atoms with E-state index in [1.807, 2.05) is 24.3 Å². The number of esters is 1. The van der Waals surface area contributed by atoms with Gasteiger partial charge in [-0.15, -0.1) is 0 Å². The summed E-state index contributed by atoms with van der Waals surface area (Å²) in [6.45, 7) is 3.75. The second kappa shape index (κ2) is 5.68. The van der Waals surface area contributed by atoms with Gasteiger partial charge in [0.25, 0.3) is 0 Å². The van der Waals surface area contributed by atoms with Gasteiger partial charge in [-0.25, -0.2) is 4.79 Å². The highest BCUT2D eigenvalue weighted by atomic mass is 16.5. The maximum absolute atomic E-state index is 11.4. The first-order valence-electron chi connectivity index (χ1n) is 5.58. The fraction of sp³-hybridized carbons (Fsp3) is 0.462. The van der Waals surface area contributed by atoms with E-state index in [-0.39, 0.29) is 6.61 Å². The Kier molecular flexibility index (Phi) is 4.52. The molecule has 0 spiro atoms. The summed E-state index contributed by atoms with van der Waals surface area (Å²) in [6.07, 6.45) is 0.939. The van der Waals surface area contributed by atoms with Gasteiger partial charge in [0.2, 0.25) is 0 Å². The minimum Gasteiger partial charge on any atom is -0.491 e. The van der Waals surface area contributed by atoms with Gasteiger partial charge in [0.15, 0.2) is 0 Å². The number of nitrogens with two attached hydrogens (primary N) is 1. The van der Waals surface area contributed by atoms with Gasteiger partial charge in [-0.05, 0) is 31.0 Å². The van der Waals surface area contributed by atoms with Gasteiger partial charge < -0.3 is 15.2 Å². The second-order valence-corrected chi connectivity index (χ2v) is 4.20. The van der Waals surface area contributed by atoms with Crippen molar-refractivity contribution in [3.05, 3.63) is 29.8 Å². The average molecular weight is 237 g/mol. The fourth-order valence-electron chi connectivity index (χ4n) is 1.38. The molecule has 1 aromatic carbocycles. The number of aryl methyl sites for hydroxylation is 1. The van der Waals surface area contributed by atoms with E-state index in [4.69, 9.17) is 10.5 Å². The number of carbonyl (C=O) groups excluding carboxylic acids is 1. The van der Waals surface area contributed by atoms with Crippen molar-refractivity contribution in [2.75, 3.05) is 13.7 Å². The Hall–Kier alpha value is -1.55. The number of hydrogen-bond donors (Lipinski definition) is 1. The molecule has 0 heterocycles. The van der Waals surface area contributed by atoms with Crippen LogP contribution in [-0.4, -0.2) is 25.2 Å². The zero-order chi connectivity index (χ0) is 12.9. The Balaban J connectivity index is 2.63. The molecule has 17 heavy (non-hydrogen) atoms. The predicted octanol–water partition coefficient (Wildman–Crippen LogP) is 1.52. The van der Waals surface area contributed by atoms with E-state index < -0.39 is 11.5 Å². The zero-order valence-corrected chi connectivity index (χ0v) is 10.5. The first kappa shape index (κ1) is 13.5. The molecule has 0 aliphatic rings. The van der Waals surface area contributed by atoms with E-state index in [2.05, 4.69) is 11.7 Å². The molecule has 4 heteroatoms. The first-order valence-corrected chi connectivity index (χ1v) is 5.58. The molecule has 0 aliphatic carbocycles. The number of ether oxygens (including phenoxy) is 2. The van der Waals surface area contributed by atoms with Gasteiger partial charge >= 0.3 is 5.97 Å². The van der Waals surface area contributed by atoms with Crippen molar-refractivity contribution in [3.63, 3.8) is 0 Å². The van der Waals surface area contributed by atoms with E-state index in [9.17, 15) is 4.79 Å². The molecule has 1 atom stereocenters. The van der Waals surface area contributed by atoms with E-state index in [0.29, 0.717) is 5.75 Å². The van der Waals surface area contributed by atoms with Crippen LogP contribution >= 0.6 is 0 Å². The van der Waals surface area contributed by atoms with Gasteiger partial charge in [-0.2, -0.15) is 0 Å². The lowest BCUT2D eigenvalue weighted by Gasteiger charge is -2.21. The van der Waals surface area contributed by atoms with Crippen molar-refractivity contribution in [1.82, 2.24) is 0 Å². The summed E-state index contributed by atoms with van der Waals surface area (Å²) >= 11 is 0. The lowest BCUT2D eigenvalue weighted by molar-refractivity contribution is -0.147. The van der Waals surface area contributed by atoms with Crippen LogP contribution in [0.5, 0.6) is 5.75 Å². The van der Waals surface area contributed by atoms with Crippen LogP contribution in [0.1, 0.15) is 19.4 Å². The SMILES string of the molecule is CCc1cccc(OCC(C)(N)C(=O)OC)c1. The summed E-state index contributed by atoms with van der Waals surface area (Å²) in [5.41, 5.74) is 5.84. The van der Waals surface area contributed by atoms with Crippen molar-refractivity contribution in [3.8, 4) is 5.75 Å².